The molecule has 0 aliphatic carbocycles. The molecule has 18 heavy (non-hydrogen) atoms. The average Bonchev–Trinajstić information content (AvgIpc) is 2.72. The van der Waals surface area contributed by atoms with Crippen LogP contribution in [0.15, 0.2) is 24.0 Å². The Kier molecular flexibility index (Phi) is 4.03. The van der Waals surface area contributed by atoms with Crippen LogP contribution in [0.25, 0.3) is 0 Å². The van der Waals surface area contributed by atoms with Crippen molar-refractivity contribution in [3.05, 3.63) is 45.7 Å². The molecule has 2 rings (SSSR count). The summed E-state index contributed by atoms with van der Waals surface area (Å²) in [6.45, 7) is 2.92. The molecule has 0 aromatic carbocycles. The Balaban J connectivity index is 2.21. The Labute approximate surface area is 110 Å². The van der Waals surface area contributed by atoms with Crippen LogP contribution >= 0.6 is 11.3 Å². The quantitative estimate of drug-likeness (QED) is 0.840. The second kappa shape index (κ2) is 5.71. The van der Waals surface area contributed by atoms with Gasteiger partial charge in [0.1, 0.15) is 6.07 Å². The van der Waals surface area contributed by atoms with E-state index in [1.165, 1.54) is 4.88 Å². The van der Waals surface area contributed by atoms with Crippen LogP contribution in [0.5, 0.6) is 0 Å². The van der Waals surface area contributed by atoms with E-state index < -0.39 is 0 Å². The molecule has 5 heteroatoms. The van der Waals surface area contributed by atoms with Crippen molar-refractivity contribution in [2.75, 3.05) is 6.61 Å². The number of rotatable bonds is 4. The van der Waals surface area contributed by atoms with E-state index in [1.807, 2.05) is 18.5 Å². The second-order valence-corrected chi connectivity index (χ2v) is 4.97. The molecule has 2 aromatic rings. The molecule has 0 atom stereocenters. The topological polar surface area (TPSA) is 60.8 Å². The van der Waals surface area contributed by atoms with Crippen molar-refractivity contribution < 1.29 is 9.67 Å². The summed E-state index contributed by atoms with van der Waals surface area (Å²) in [6, 6.07) is 3.94. The second-order valence-electron chi connectivity index (χ2n) is 4.03. The minimum Gasteiger partial charge on any atom is -0.396 e. The molecule has 0 saturated carbocycles. The number of aliphatic hydroxyl groups is 1. The molecule has 0 bridgehead atoms. The van der Waals surface area contributed by atoms with Gasteiger partial charge in [-0.25, -0.2) is 0 Å². The SMILES string of the molecule is Cc1c(CCO)sc[n+]1Cc1cncc(C#N)c1. The minimum atomic E-state index is 0.173. The van der Waals surface area contributed by atoms with Gasteiger partial charge in [0.05, 0.1) is 10.4 Å². The van der Waals surface area contributed by atoms with Gasteiger partial charge < -0.3 is 5.11 Å². The predicted molar refractivity (Wildman–Crippen MR) is 68.1 cm³/mol. The largest absolute Gasteiger partial charge is 0.396 e. The monoisotopic (exact) mass is 260 g/mol. The standard InChI is InChI=1S/C13H14N3OS/c1-10-13(2-3-17)18-9-16(10)8-12-4-11(5-14)6-15-7-12/h4,6-7,9,17H,2-3,8H2,1H3/q+1. The van der Waals surface area contributed by atoms with Crippen LogP contribution in [0.3, 0.4) is 0 Å². The third-order valence-corrected chi connectivity index (χ3v) is 3.92. The maximum absolute atomic E-state index is 8.96. The molecule has 2 aromatic heterocycles. The lowest BCUT2D eigenvalue weighted by molar-refractivity contribution is -0.689. The molecule has 0 fully saturated rings. The molecule has 0 radical (unpaired) electrons. The number of nitrogens with zero attached hydrogens (tertiary/aromatic N) is 3. The first kappa shape index (κ1) is 12.7. The van der Waals surface area contributed by atoms with Crippen molar-refractivity contribution in [1.82, 2.24) is 4.98 Å². The molecule has 2 heterocycles. The highest BCUT2D eigenvalue weighted by atomic mass is 32.1. The van der Waals surface area contributed by atoms with Crippen LogP contribution in [-0.4, -0.2) is 16.7 Å². The summed E-state index contributed by atoms with van der Waals surface area (Å²) >= 11 is 1.65. The van der Waals surface area contributed by atoms with E-state index in [2.05, 4.69) is 15.6 Å². The smallest absolute Gasteiger partial charge is 0.225 e. The number of aromatic nitrogens is 2. The average molecular weight is 260 g/mol. The van der Waals surface area contributed by atoms with Crippen molar-refractivity contribution in [3.63, 3.8) is 0 Å². The Bertz CT molecular complexity index is 586. The minimum absolute atomic E-state index is 0.173. The first-order valence-corrected chi connectivity index (χ1v) is 6.54. The number of aliphatic hydroxyl groups excluding tert-OH is 1. The Morgan fingerprint density at radius 3 is 3.06 bits per heavy atom. The first-order chi connectivity index (χ1) is 8.74. The molecule has 0 saturated heterocycles. The fraction of sp³-hybridized carbons (Fsp3) is 0.308. The van der Waals surface area contributed by atoms with Gasteiger partial charge >= 0.3 is 0 Å². The van der Waals surface area contributed by atoms with Gasteiger partial charge in [-0.15, -0.1) is 0 Å². The normalized spacial score (nSPS) is 10.3. The van der Waals surface area contributed by atoms with E-state index in [0.717, 1.165) is 11.3 Å². The summed E-state index contributed by atoms with van der Waals surface area (Å²) in [7, 11) is 0. The molecule has 92 valence electrons. The highest BCUT2D eigenvalue weighted by Gasteiger charge is 2.15. The molecule has 0 unspecified atom stereocenters. The summed E-state index contributed by atoms with van der Waals surface area (Å²) in [5.41, 5.74) is 4.79. The summed E-state index contributed by atoms with van der Waals surface area (Å²) in [5.74, 6) is 0. The number of hydrogen-bond acceptors (Lipinski definition) is 4. The lowest BCUT2D eigenvalue weighted by Crippen LogP contribution is -2.35. The Hall–Kier alpha value is -1.77. The highest BCUT2D eigenvalue weighted by molar-refractivity contribution is 7.09. The number of pyridine rings is 1. The van der Waals surface area contributed by atoms with Gasteiger partial charge in [0, 0.05) is 37.9 Å². The van der Waals surface area contributed by atoms with Crippen LogP contribution in [-0.2, 0) is 13.0 Å². The van der Waals surface area contributed by atoms with Crippen molar-refractivity contribution in [1.29, 1.82) is 5.26 Å². The summed E-state index contributed by atoms with van der Waals surface area (Å²) < 4.78 is 2.12. The molecular formula is C13H14N3OS+. The predicted octanol–water partition coefficient (Wildman–Crippen LogP) is 1.19. The summed E-state index contributed by atoms with van der Waals surface area (Å²) in [5, 5.41) is 17.8. The van der Waals surface area contributed by atoms with E-state index in [1.54, 1.807) is 23.7 Å². The van der Waals surface area contributed by atoms with Gasteiger partial charge in [0.15, 0.2) is 12.2 Å². The lowest BCUT2D eigenvalue weighted by atomic mass is 10.2. The zero-order chi connectivity index (χ0) is 13.0. The van der Waals surface area contributed by atoms with Gasteiger partial charge in [-0.2, -0.15) is 9.83 Å². The van der Waals surface area contributed by atoms with Crippen LogP contribution in [0.1, 0.15) is 21.7 Å². The van der Waals surface area contributed by atoms with E-state index in [-0.39, 0.29) is 6.61 Å². The van der Waals surface area contributed by atoms with E-state index in [4.69, 9.17) is 10.4 Å². The van der Waals surface area contributed by atoms with Crippen LogP contribution in [0, 0.1) is 18.3 Å². The van der Waals surface area contributed by atoms with Crippen LogP contribution in [0.4, 0.5) is 0 Å². The van der Waals surface area contributed by atoms with Gasteiger partial charge in [-0.05, 0) is 6.07 Å². The lowest BCUT2D eigenvalue weighted by Gasteiger charge is -1.98. The van der Waals surface area contributed by atoms with Crippen molar-refractivity contribution in [2.45, 2.75) is 19.9 Å². The van der Waals surface area contributed by atoms with Crippen LogP contribution < -0.4 is 4.57 Å². The molecular weight excluding hydrogens is 246 g/mol. The Morgan fingerprint density at radius 2 is 2.33 bits per heavy atom. The number of thiazole rings is 1. The molecule has 0 aliphatic heterocycles. The van der Waals surface area contributed by atoms with E-state index in [9.17, 15) is 0 Å². The zero-order valence-corrected chi connectivity index (χ0v) is 10.9. The van der Waals surface area contributed by atoms with Crippen molar-refractivity contribution >= 4 is 11.3 Å². The van der Waals surface area contributed by atoms with Gasteiger partial charge in [0.2, 0.25) is 5.51 Å². The third-order valence-electron chi connectivity index (χ3n) is 2.77. The fourth-order valence-electron chi connectivity index (χ4n) is 1.78. The maximum atomic E-state index is 8.96. The summed E-state index contributed by atoms with van der Waals surface area (Å²) in [4.78, 5) is 5.25. The molecule has 0 spiro atoms. The summed E-state index contributed by atoms with van der Waals surface area (Å²) in [6.07, 6.45) is 4.03. The van der Waals surface area contributed by atoms with Gasteiger partial charge in [-0.1, -0.05) is 11.3 Å². The highest BCUT2D eigenvalue weighted by Crippen LogP contribution is 2.12. The molecule has 4 nitrogen and oxygen atoms in total. The van der Waals surface area contributed by atoms with Crippen LogP contribution in [0.2, 0.25) is 0 Å². The fourth-order valence-corrected chi connectivity index (χ4v) is 2.76. The zero-order valence-electron chi connectivity index (χ0n) is 10.1. The van der Waals surface area contributed by atoms with Gasteiger partial charge in [-0.3, -0.25) is 4.98 Å². The van der Waals surface area contributed by atoms with E-state index >= 15 is 0 Å². The number of nitriles is 1. The Morgan fingerprint density at radius 1 is 1.50 bits per heavy atom. The van der Waals surface area contributed by atoms with Crippen molar-refractivity contribution in [3.8, 4) is 6.07 Å². The van der Waals surface area contributed by atoms with Crippen molar-refractivity contribution in [2.24, 2.45) is 0 Å². The van der Waals surface area contributed by atoms with Gasteiger partial charge in [0.25, 0.3) is 0 Å². The van der Waals surface area contributed by atoms with E-state index in [0.29, 0.717) is 18.5 Å². The third kappa shape index (κ3) is 2.73. The first-order valence-electron chi connectivity index (χ1n) is 5.66. The molecule has 0 aliphatic rings. The number of hydrogen-bond donors (Lipinski definition) is 1. The molecule has 1 N–H and O–H groups in total. The molecule has 0 amide bonds. The maximum Gasteiger partial charge on any atom is 0.225 e.